The molecule has 0 aliphatic heterocycles. The standard InChI is InChI=1S/C14H24N4O3/c1-11-9-12(10-13(17-11)18-15)14(19)16-5-3-4-6-21-8-7-20-2/h9-10H,3-8,15H2,1-2H3,(H,16,19)(H,17,18). The van der Waals surface area contributed by atoms with Crippen LogP contribution in [-0.2, 0) is 9.47 Å². The van der Waals surface area contributed by atoms with Crippen LogP contribution in [0.4, 0.5) is 5.82 Å². The van der Waals surface area contributed by atoms with Crippen molar-refractivity contribution in [2.45, 2.75) is 19.8 Å². The van der Waals surface area contributed by atoms with Gasteiger partial charge in [-0.25, -0.2) is 10.8 Å². The van der Waals surface area contributed by atoms with Crippen molar-refractivity contribution in [3.8, 4) is 0 Å². The maximum absolute atomic E-state index is 12.0. The minimum atomic E-state index is -0.127. The fourth-order valence-electron chi connectivity index (χ4n) is 1.75. The van der Waals surface area contributed by atoms with Gasteiger partial charge in [0.05, 0.1) is 13.2 Å². The van der Waals surface area contributed by atoms with E-state index in [4.69, 9.17) is 15.3 Å². The number of hydrogen-bond acceptors (Lipinski definition) is 6. The van der Waals surface area contributed by atoms with E-state index in [1.165, 1.54) is 0 Å². The summed E-state index contributed by atoms with van der Waals surface area (Å²) in [6.45, 7) is 4.31. The normalized spacial score (nSPS) is 10.4. The lowest BCUT2D eigenvalue weighted by Crippen LogP contribution is -2.25. The number of nitrogens with two attached hydrogens (primary N) is 1. The molecule has 1 heterocycles. The van der Waals surface area contributed by atoms with E-state index in [9.17, 15) is 4.79 Å². The second-order valence-electron chi connectivity index (χ2n) is 4.59. The first-order valence-electron chi connectivity index (χ1n) is 6.97. The lowest BCUT2D eigenvalue weighted by atomic mass is 10.2. The van der Waals surface area contributed by atoms with E-state index in [-0.39, 0.29) is 5.91 Å². The SMILES string of the molecule is COCCOCCCCNC(=O)c1cc(C)nc(NN)c1. The maximum atomic E-state index is 12.0. The molecule has 0 spiro atoms. The van der Waals surface area contributed by atoms with Gasteiger partial charge in [0.25, 0.3) is 5.91 Å². The van der Waals surface area contributed by atoms with Crippen LogP contribution >= 0.6 is 0 Å². The summed E-state index contributed by atoms with van der Waals surface area (Å²) < 4.78 is 10.2. The monoisotopic (exact) mass is 296 g/mol. The third-order valence-electron chi connectivity index (χ3n) is 2.80. The largest absolute Gasteiger partial charge is 0.382 e. The molecule has 0 bridgehead atoms. The molecule has 1 rings (SSSR count). The van der Waals surface area contributed by atoms with Gasteiger partial charge in [-0.05, 0) is 31.9 Å². The Hall–Kier alpha value is -1.70. The summed E-state index contributed by atoms with van der Waals surface area (Å²) in [4.78, 5) is 16.1. The van der Waals surface area contributed by atoms with Crippen LogP contribution in [0.25, 0.3) is 0 Å². The van der Waals surface area contributed by atoms with Gasteiger partial charge in [0.1, 0.15) is 5.82 Å². The minimum absolute atomic E-state index is 0.127. The molecule has 0 saturated heterocycles. The number of ether oxygens (including phenoxy) is 2. The number of amides is 1. The molecular formula is C14H24N4O3. The quantitative estimate of drug-likeness (QED) is 0.336. The smallest absolute Gasteiger partial charge is 0.251 e. The molecule has 0 fully saturated rings. The highest BCUT2D eigenvalue weighted by Gasteiger charge is 2.07. The van der Waals surface area contributed by atoms with Gasteiger partial charge in [0.2, 0.25) is 0 Å². The molecule has 0 atom stereocenters. The Morgan fingerprint density at radius 2 is 2.10 bits per heavy atom. The van der Waals surface area contributed by atoms with Crippen LogP contribution in [0.3, 0.4) is 0 Å². The Labute approximate surface area is 125 Å². The molecule has 1 aromatic rings. The number of aryl methyl sites for hydroxylation is 1. The number of pyridine rings is 1. The van der Waals surface area contributed by atoms with Crippen LogP contribution in [-0.4, -0.2) is 44.4 Å². The lowest BCUT2D eigenvalue weighted by Gasteiger charge is -2.08. The fraction of sp³-hybridized carbons (Fsp3) is 0.571. The van der Waals surface area contributed by atoms with E-state index in [0.717, 1.165) is 18.5 Å². The van der Waals surface area contributed by atoms with Crippen molar-refractivity contribution < 1.29 is 14.3 Å². The zero-order valence-electron chi connectivity index (χ0n) is 12.6. The highest BCUT2D eigenvalue weighted by molar-refractivity contribution is 5.94. The van der Waals surface area contributed by atoms with Crippen LogP contribution in [0.5, 0.6) is 0 Å². The summed E-state index contributed by atoms with van der Waals surface area (Å²) in [5.74, 6) is 5.66. The summed E-state index contributed by atoms with van der Waals surface area (Å²) >= 11 is 0. The minimum Gasteiger partial charge on any atom is -0.382 e. The molecule has 1 amide bonds. The molecule has 1 aromatic heterocycles. The number of anilines is 1. The zero-order valence-corrected chi connectivity index (χ0v) is 12.6. The Bertz CT molecular complexity index is 440. The lowest BCUT2D eigenvalue weighted by molar-refractivity contribution is 0.0686. The van der Waals surface area contributed by atoms with Crippen LogP contribution in [0, 0.1) is 6.92 Å². The second-order valence-corrected chi connectivity index (χ2v) is 4.59. The van der Waals surface area contributed by atoms with Crippen molar-refractivity contribution in [3.05, 3.63) is 23.4 Å². The van der Waals surface area contributed by atoms with Crippen LogP contribution in [0.15, 0.2) is 12.1 Å². The summed E-state index contributed by atoms with van der Waals surface area (Å²) in [5.41, 5.74) is 3.73. The summed E-state index contributed by atoms with van der Waals surface area (Å²) in [7, 11) is 1.64. The highest BCUT2D eigenvalue weighted by Crippen LogP contribution is 2.08. The summed E-state index contributed by atoms with van der Waals surface area (Å²) in [5, 5.41) is 2.86. The molecule has 0 unspecified atom stereocenters. The van der Waals surface area contributed by atoms with Crippen LogP contribution in [0.2, 0.25) is 0 Å². The summed E-state index contributed by atoms with van der Waals surface area (Å²) in [6.07, 6.45) is 1.76. The highest BCUT2D eigenvalue weighted by atomic mass is 16.5. The Morgan fingerprint density at radius 1 is 1.29 bits per heavy atom. The zero-order chi connectivity index (χ0) is 15.5. The number of hydrazine groups is 1. The number of carbonyl (C=O) groups is 1. The van der Waals surface area contributed by atoms with Gasteiger partial charge in [0.15, 0.2) is 0 Å². The second kappa shape index (κ2) is 10.1. The number of methoxy groups -OCH3 is 1. The molecule has 21 heavy (non-hydrogen) atoms. The molecule has 7 heteroatoms. The van der Waals surface area contributed by atoms with Gasteiger partial charge in [-0.2, -0.15) is 0 Å². The third-order valence-corrected chi connectivity index (χ3v) is 2.80. The number of nitrogens with one attached hydrogen (secondary N) is 2. The first kappa shape index (κ1) is 17.4. The van der Waals surface area contributed by atoms with Gasteiger partial charge in [0, 0.05) is 31.5 Å². The van der Waals surface area contributed by atoms with Gasteiger partial charge >= 0.3 is 0 Å². The number of nitrogens with zero attached hydrogens (tertiary/aromatic N) is 1. The van der Waals surface area contributed by atoms with E-state index in [1.807, 2.05) is 6.92 Å². The van der Waals surface area contributed by atoms with Gasteiger partial charge in [-0.1, -0.05) is 0 Å². The Morgan fingerprint density at radius 3 is 2.81 bits per heavy atom. The fourth-order valence-corrected chi connectivity index (χ4v) is 1.75. The van der Waals surface area contributed by atoms with Crippen molar-refractivity contribution >= 4 is 11.7 Å². The molecule has 0 radical (unpaired) electrons. The van der Waals surface area contributed by atoms with Gasteiger partial charge < -0.3 is 20.2 Å². The number of unbranched alkanes of at least 4 members (excludes halogenated alkanes) is 1. The Kier molecular flexibility index (Phi) is 8.34. The van der Waals surface area contributed by atoms with Crippen molar-refractivity contribution in [3.63, 3.8) is 0 Å². The van der Waals surface area contributed by atoms with Crippen molar-refractivity contribution in [2.24, 2.45) is 5.84 Å². The molecule has 0 aliphatic carbocycles. The topological polar surface area (TPSA) is 98.5 Å². The molecule has 118 valence electrons. The van der Waals surface area contributed by atoms with Crippen molar-refractivity contribution in [1.29, 1.82) is 0 Å². The van der Waals surface area contributed by atoms with E-state index in [1.54, 1.807) is 19.2 Å². The average Bonchev–Trinajstić information content (AvgIpc) is 2.49. The average molecular weight is 296 g/mol. The molecule has 0 aromatic carbocycles. The molecule has 4 N–H and O–H groups in total. The number of rotatable bonds is 10. The number of nitrogen functional groups attached to an aromatic ring is 1. The first-order chi connectivity index (χ1) is 10.2. The maximum Gasteiger partial charge on any atom is 0.251 e. The van der Waals surface area contributed by atoms with Crippen LogP contribution < -0.4 is 16.6 Å². The molecular weight excluding hydrogens is 272 g/mol. The molecule has 0 aliphatic rings. The van der Waals surface area contributed by atoms with Crippen molar-refractivity contribution in [1.82, 2.24) is 10.3 Å². The Balaban J connectivity index is 2.23. The van der Waals surface area contributed by atoms with E-state index in [0.29, 0.717) is 37.7 Å². The molecule has 7 nitrogen and oxygen atoms in total. The third kappa shape index (κ3) is 7.03. The first-order valence-corrected chi connectivity index (χ1v) is 6.97. The van der Waals surface area contributed by atoms with Crippen LogP contribution in [0.1, 0.15) is 28.9 Å². The predicted octanol–water partition coefficient (Wildman–Crippen LogP) is 0.849. The van der Waals surface area contributed by atoms with Gasteiger partial charge in [-0.3, -0.25) is 4.79 Å². The van der Waals surface area contributed by atoms with Gasteiger partial charge in [-0.15, -0.1) is 0 Å². The van der Waals surface area contributed by atoms with E-state index >= 15 is 0 Å². The predicted molar refractivity (Wildman–Crippen MR) is 81.0 cm³/mol. The van der Waals surface area contributed by atoms with E-state index in [2.05, 4.69) is 15.7 Å². The van der Waals surface area contributed by atoms with Crippen molar-refractivity contribution in [2.75, 3.05) is 38.9 Å². The number of carbonyl (C=O) groups excluding carboxylic acids is 1. The van der Waals surface area contributed by atoms with E-state index < -0.39 is 0 Å². The molecule has 0 saturated carbocycles. The summed E-state index contributed by atoms with van der Waals surface area (Å²) in [6, 6.07) is 3.35. The number of aromatic nitrogens is 1. The number of hydrogen-bond donors (Lipinski definition) is 3.